The van der Waals surface area contributed by atoms with Gasteiger partial charge in [0.1, 0.15) is 6.61 Å². The number of carbonyl (C=O) groups is 3. The van der Waals surface area contributed by atoms with Crippen LogP contribution in [0.2, 0.25) is 0 Å². The van der Waals surface area contributed by atoms with E-state index in [9.17, 15) is 19.5 Å². The van der Waals surface area contributed by atoms with Crippen LogP contribution in [0.3, 0.4) is 0 Å². The van der Waals surface area contributed by atoms with E-state index in [0.717, 1.165) is 22.3 Å². The molecule has 186 valence electrons. The van der Waals surface area contributed by atoms with Crippen molar-refractivity contribution in [2.24, 2.45) is 0 Å². The minimum atomic E-state index is -1.19. The number of nitrogens with one attached hydrogen (secondary N) is 2. The topological polar surface area (TPSA) is 123 Å². The van der Waals surface area contributed by atoms with Crippen molar-refractivity contribution in [3.05, 3.63) is 59.7 Å². The van der Waals surface area contributed by atoms with Crippen molar-refractivity contribution in [2.45, 2.75) is 36.8 Å². The van der Waals surface area contributed by atoms with E-state index in [4.69, 9.17) is 14.2 Å². The summed E-state index contributed by atoms with van der Waals surface area (Å²) in [5, 5.41) is 14.6. The summed E-state index contributed by atoms with van der Waals surface area (Å²) in [5.74, 6) is -1.76. The maximum absolute atomic E-state index is 12.9. The maximum Gasteiger partial charge on any atom is 0.407 e. The second-order valence-corrected chi connectivity index (χ2v) is 8.93. The van der Waals surface area contributed by atoms with Gasteiger partial charge < -0.3 is 30.0 Å². The van der Waals surface area contributed by atoms with Gasteiger partial charge in [0.25, 0.3) is 0 Å². The average Bonchev–Trinajstić information content (AvgIpc) is 3.16. The minimum absolute atomic E-state index is 0.0764. The zero-order chi connectivity index (χ0) is 24.8. The molecule has 4 rings (SSSR count). The quantitative estimate of drug-likeness (QED) is 0.502. The zero-order valence-electron chi connectivity index (χ0n) is 19.6. The number of methoxy groups -OCH3 is 1. The molecule has 2 amide bonds. The van der Waals surface area contributed by atoms with Crippen LogP contribution in [0.15, 0.2) is 48.5 Å². The zero-order valence-corrected chi connectivity index (χ0v) is 19.6. The van der Waals surface area contributed by atoms with Crippen LogP contribution >= 0.6 is 0 Å². The summed E-state index contributed by atoms with van der Waals surface area (Å²) >= 11 is 0. The Morgan fingerprint density at radius 2 is 1.66 bits per heavy atom. The summed E-state index contributed by atoms with van der Waals surface area (Å²) in [7, 11) is 1.36. The van der Waals surface area contributed by atoms with Crippen LogP contribution in [-0.2, 0) is 23.8 Å². The number of carboxylic acid groups (broad SMARTS) is 1. The molecular formula is C26H30N2O7. The number of fused-ring (bicyclic) bond motifs is 3. The number of rotatable bonds is 9. The molecule has 9 nitrogen and oxygen atoms in total. The molecule has 0 aromatic heterocycles. The lowest BCUT2D eigenvalue weighted by molar-refractivity contribution is -0.143. The van der Waals surface area contributed by atoms with E-state index < -0.39 is 29.6 Å². The molecule has 1 heterocycles. The van der Waals surface area contributed by atoms with Crippen LogP contribution in [0.5, 0.6) is 0 Å². The molecule has 1 saturated heterocycles. The van der Waals surface area contributed by atoms with Crippen LogP contribution in [0.1, 0.15) is 36.3 Å². The molecule has 9 heteroatoms. The van der Waals surface area contributed by atoms with Gasteiger partial charge in [-0.2, -0.15) is 0 Å². The Hall–Kier alpha value is -3.43. The second kappa shape index (κ2) is 10.9. The second-order valence-electron chi connectivity index (χ2n) is 8.93. The van der Waals surface area contributed by atoms with Gasteiger partial charge in [-0.15, -0.1) is 0 Å². The first kappa shape index (κ1) is 24.7. The Labute approximate surface area is 203 Å². The average molecular weight is 483 g/mol. The predicted octanol–water partition coefficient (Wildman–Crippen LogP) is 2.68. The third-order valence-corrected chi connectivity index (χ3v) is 6.63. The predicted molar refractivity (Wildman–Crippen MR) is 127 cm³/mol. The third kappa shape index (κ3) is 5.63. The summed E-state index contributed by atoms with van der Waals surface area (Å²) in [6, 6.07) is 15.0. The van der Waals surface area contributed by atoms with E-state index >= 15 is 0 Å². The van der Waals surface area contributed by atoms with Gasteiger partial charge in [0.05, 0.1) is 18.6 Å². The van der Waals surface area contributed by atoms with E-state index in [1.807, 2.05) is 36.4 Å². The van der Waals surface area contributed by atoms with Crippen molar-refractivity contribution < 1.29 is 33.7 Å². The third-order valence-electron chi connectivity index (χ3n) is 6.63. The lowest BCUT2D eigenvalue weighted by Gasteiger charge is -2.37. The number of carbonyl (C=O) groups excluding carboxylic acids is 2. The fourth-order valence-corrected chi connectivity index (χ4v) is 4.85. The first-order valence-corrected chi connectivity index (χ1v) is 11.6. The molecule has 0 radical (unpaired) electrons. The SMILES string of the molecule is COC[C@H](NC(=O)CC1(NC(=O)OCC2c3ccccc3-c3ccccc32)CCOCC1)C(=O)O. The van der Waals surface area contributed by atoms with Gasteiger partial charge >= 0.3 is 12.1 Å². The Morgan fingerprint density at radius 3 is 2.23 bits per heavy atom. The Balaban J connectivity index is 1.41. The summed E-state index contributed by atoms with van der Waals surface area (Å²) in [6.07, 6.45) is 0.112. The molecule has 1 atom stereocenters. The van der Waals surface area contributed by atoms with E-state index in [1.54, 1.807) is 0 Å². The molecule has 1 aliphatic carbocycles. The van der Waals surface area contributed by atoms with Gasteiger partial charge in [-0.1, -0.05) is 48.5 Å². The standard InChI is InChI=1S/C26H30N2O7/c1-33-16-22(24(30)31)27-23(29)14-26(10-12-34-13-11-26)28-25(32)35-15-21-19-8-4-2-6-17(19)18-7-3-5-9-20(18)21/h2-9,21-22H,10-16H2,1H3,(H,27,29)(H,28,32)(H,30,31)/t22-/m0/s1. The van der Waals surface area contributed by atoms with Crippen LogP contribution in [-0.4, -0.2) is 68.2 Å². The van der Waals surface area contributed by atoms with E-state index in [0.29, 0.717) is 26.1 Å². The van der Waals surface area contributed by atoms with Crippen molar-refractivity contribution in [2.75, 3.05) is 33.5 Å². The molecule has 2 aromatic carbocycles. The normalized spacial score (nSPS) is 17.1. The summed E-state index contributed by atoms with van der Waals surface area (Å²) < 4.78 is 16.0. The Bertz CT molecular complexity index is 1040. The van der Waals surface area contributed by atoms with Gasteiger partial charge in [0.15, 0.2) is 6.04 Å². The lowest BCUT2D eigenvalue weighted by atomic mass is 9.86. The highest BCUT2D eigenvalue weighted by atomic mass is 16.5. The Kier molecular flexibility index (Phi) is 7.67. The number of amides is 2. The van der Waals surface area contributed by atoms with Crippen LogP contribution in [0, 0.1) is 0 Å². The van der Waals surface area contributed by atoms with E-state index in [-0.39, 0.29) is 25.6 Å². The molecule has 1 aliphatic heterocycles. The highest BCUT2D eigenvalue weighted by Gasteiger charge is 2.38. The van der Waals surface area contributed by atoms with E-state index in [1.165, 1.54) is 7.11 Å². The number of alkyl carbamates (subject to hydrolysis) is 1. The van der Waals surface area contributed by atoms with Gasteiger partial charge in [0.2, 0.25) is 5.91 Å². The molecule has 1 fully saturated rings. The van der Waals surface area contributed by atoms with Crippen molar-refractivity contribution in [3.8, 4) is 11.1 Å². The molecule has 2 aliphatic rings. The largest absolute Gasteiger partial charge is 0.480 e. The fourth-order valence-electron chi connectivity index (χ4n) is 4.85. The molecule has 35 heavy (non-hydrogen) atoms. The first-order chi connectivity index (χ1) is 16.9. The number of hydrogen-bond donors (Lipinski definition) is 3. The smallest absolute Gasteiger partial charge is 0.407 e. The Morgan fingerprint density at radius 1 is 1.06 bits per heavy atom. The van der Waals surface area contributed by atoms with Crippen molar-refractivity contribution in [3.63, 3.8) is 0 Å². The molecule has 0 bridgehead atoms. The number of carboxylic acids is 1. The molecule has 3 N–H and O–H groups in total. The van der Waals surface area contributed by atoms with E-state index in [2.05, 4.69) is 22.8 Å². The van der Waals surface area contributed by atoms with Crippen molar-refractivity contribution in [1.82, 2.24) is 10.6 Å². The van der Waals surface area contributed by atoms with Crippen molar-refractivity contribution in [1.29, 1.82) is 0 Å². The number of hydrogen-bond acceptors (Lipinski definition) is 6. The molecule has 0 spiro atoms. The summed E-state index contributed by atoms with van der Waals surface area (Å²) in [6.45, 7) is 0.749. The molecule has 0 unspecified atom stereocenters. The lowest BCUT2D eigenvalue weighted by Crippen LogP contribution is -2.56. The monoisotopic (exact) mass is 482 g/mol. The highest BCUT2D eigenvalue weighted by Crippen LogP contribution is 2.44. The highest BCUT2D eigenvalue weighted by molar-refractivity contribution is 5.85. The number of aliphatic carboxylic acids is 1. The summed E-state index contributed by atoms with van der Waals surface area (Å²) in [5.41, 5.74) is 3.61. The molecule has 0 saturated carbocycles. The van der Waals surface area contributed by atoms with Gasteiger partial charge in [-0.25, -0.2) is 9.59 Å². The summed E-state index contributed by atoms with van der Waals surface area (Å²) in [4.78, 5) is 36.9. The maximum atomic E-state index is 12.9. The molecule has 2 aromatic rings. The van der Waals surface area contributed by atoms with Gasteiger partial charge in [-0.3, -0.25) is 4.79 Å². The minimum Gasteiger partial charge on any atom is -0.480 e. The first-order valence-electron chi connectivity index (χ1n) is 11.6. The van der Waals surface area contributed by atoms with Crippen LogP contribution in [0.4, 0.5) is 4.79 Å². The fraction of sp³-hybridized carbons (Fsp3) is 0.423. The molecular weight excluding hydrogens is 452 g/mol. The van der Waals surface area contributed by atoms with Gasteiger partial charge in [0, 0.05) is 26.2 Å². The number of benzene rings is 2. The number of ether oxygens (including phenoxy) is 3. The van der Waals surface area contributed by atoms with Crippen LogP contribution in [0.25, 0.3) is 11.1 Å². The van der Waals surface area contributed by atoms with Crippen molar-refractivity contribution >= 4 is 18.0 Å². The van der Waals surface area contributed by atoms with Gasteiger partial charge in [-0.05, 0) is 35.1 Å². The van der Waals surface area contributed by atoms with Crippen LogP contribution < -0.4 is 10.6 Å².